The fourth-order valence-corrected chi connectivity index (χ4v) is 5.09. The van der Waals surface area contributed by atoms with E-state index in [1.807, 2.05) is 60.4 Å². The van der Waals surface area contributed by atoms with E-state index in [4.69, 9.17) is 11.6 Å². The van der Waals surface area contributed by atoms with E-state index in [2.05, 4.69) is 29.5 Å². The van der Waals surface area contributed by atoms with Crippen molar-refractivity contribution < 1.29 is 9.59 Å². The van der Waals surface area contributed by atoms with Gasteiger partial charge in [0.25, 0.3) is 11.8 Å². The molecule has 6 nitrogen and oxygen atoms in total. The number of piperazine rings is 1. The molecule has 3 N–H and O–H groups in total. The molecule has 2 aliphatic rings. The van der Waals surface area contributed by atoms with Crippen molar-refractivity contribution in [1.29, 1.82) is 0 Å². The monoisotopic (exact) mass is 474 g/mol. The molecule has 1 fully saturated rings. The summed E-state index contributed by atoms with van der Waals surface area (Å²) in [6.07, 6.45) is 1.80. The second-order valence-electron chi connectivity index (χ2n) is 9.21. The molecule has 2 aliphatic heterocycles. The lowest BCUT2D eigenvalue weighted by atomic mass is 9.94. The Bertz CT molecular complexity index is 1300. The lowest BCUT2D eigenvalue weighted by molar-refractivity contribution is -0.110. The van der Waals surface area contributed by atoms with Gasteiger partial charge in [0.05, 0.1) is 16.8 Å². The Morgan fingerprint density at radius 1 is 1.09 bits per heavy atom. The van der Waals surface area contributed by atoms with Gasteiger partial charge in [-0.15, -0.1) is 0 Å². The zero-order chi connectivity index (χ0) is 24.0. The second kappa shape index (κ2) is 8.78. The molecule has 2 aromatic carbocycles. The number of benzene rings is 2. The van der Waals surface area contributed by atoms with Gasteiger partial charge in [-0.05, 0) is 62.2 Å². The number of carbonyl (C=O) groups is 2. The molecule has 0 bridgehead atoms. The molecule has 0 unspecified atom stereocenters. The SMILES string of the molecule is Cc1cc(C(=O)N2C[C@H](C)N[C@@H](C)C2)c(C=C2C(=O)Nc3cccc(-c4ccc(Cl)cc4)c32)[nH]1. The summed E-state index contributed by atoms with van der Waals surface area (Å²) in [5, 5.41) is 7.09. The van der Waals surface area contributed by atoms with E-state index in [1.54, 1.807) is 6.08 Å². The molecule has 5 rings (SSSR count). The largest absolute Gasteiger partial charge is 0.358 e. The van der Waals surface area contributed by atoms with Gasteiger partial charge in [0.1, 0.15) is 0 Å². The number of aromatic nitrogens is 1. The first-order valence-corrected chi connectivity index (χ1v) is 11.8. The van der Waals surface area contributed by atoms with E-state index < -0.39 is 0 Å². The van der Waals surface area contributed by atoms with Crippen molar-refractivity contribution in [3.63, 3.8) is 0 Å². The van der Waals surface area contributed by atoms with Gasteiger partial charge in [-0.2, -0.15) is 0 Å². The van der Waals surface area contributed by atoms with Crippen molar-refractivity contribution >= 4 is 40.8 Å². The summed E-state index contributed by atoms with van der Waals surface area (Å²) in [5.41, 5.74) is 6.09. The van der Waals surface area contributed by atoms with Crippen LogP contribution >= 0.6 is 11.6 Å². The highest BCUT2D eigenvalue weighted by molar-refractivity contribution is 6.36. The predicted molar refractivity (Wildman–Crippen MR) is 137 cm³/mol. The number of H-pyrrole nitrogens is 1. The summed E-state index contributed by atoms with van der Waals surface area (Å²) >= 11 is 6.09. The van der Waals surface area contributed by atoms with Gasteiger partial charge in [-0.3, -0.25) is 9.59 Å². The van der Waals surface area contributed by atoms with Crippen LogP contribution in [-0.4, -0.2) is 46.9 Å². The average molecular weight is 475 g/mol. The molecule has 2 atom stereocenters. The molecule has 0 spiro atoms. The number of nitrogens with zero attached hydrogens (tertiary/aromatic N) is 1. The topological polar surface area (TPSA) is 77.2 Å². The summed E-state index contributed by atoms with van der Waals surface area (Å²) in [6, 6.07) is 15.7. The minimum absolute atomic E-state index is 0.0268. The van der Waals surface area contributed by atoms with Gasteiger partial charge in [-0.1, -0.05) is 35.9 Å². The summed E-state index contributed by atoms with van der Waals surface area (Å²) in [7, 11) is 0. The van der Waals surface area contributed by atoms with Crippen molar-refractivity contribution in [2.24, 2.45) is 0 Å². The van der Waals surface area contributed by atoms with E-state index in [0.717, 1.165) is 28.1 Å². The molecule has 3 aromatic rings. The predicted octanol–water partition coefficient (Wildman–Crippen LogP) is 4.96. The highest BCUT2D eigenvalue weighted by atomic mass is 35.5. The van der Waals surface area contributed by atoms with Gasteiger partial charge in [0, 0.05) is 47.1 Å². The Labute approximate surface area is 204 Å². The summed E-state index contributed by atoms with van der Waals surface area (Å²) in [4.78, 5) is 31.7. The quantitative estimate of drug-likeness (QED) is 0.469. The number of nitrogens with one attached hydrogen (secondary N) is 3. The first-order chi connectivity index (χ1) is 16.3. The van der Waals surface area contributed by atoms with Crippen LogP contribution in [-0.2, 0) is 4.79 Å². The van der Waals surface area contributed by atoms with Gasteiger partial charge in [-0.25, -0.2) is 0 Å². The van der Waals surface area contributed by atoms with Crippen molar-refractivity contribution in [3.8, 4) is 11.1 Å². The number of anilines is 1. The Morgan fingerprint density at radius 2 is 1.79 bits per heavy atom. The zero-order valence-electron chi connectivity index (χ0n) is 19.4. The lowest BCUT2D eigenvalue weighted by Gasteiger charge is -2.36. The third-order valence-electron chi connectivity index (χ3n) is 6.33. The number of fused-ring (bicyclic) bond motifs is 1. The molecule has 3 heterocycles. The molecule has 7 heteroatoms. The van der Waals surface area contributed by atoms with Crippen LogP contribution < -0.4 is 10.6 Å². The standard InChI is InChI=1S/C27H27ClN4O2/c1-15-11-21(27(34)32-13-16(2)29-17(3)14-32)24(30-15)12-22-25-20(18-7-9-19(28)10-8-18)5-4-6-23(25)31-26(22)33/h4-12,16-17,29-30H,13-14H2,1-3H3,(H,31,33)/t16-,17-/m0/s1. The molecule has 0 saturated carbocycles. The second-order valence-corrected chi connectivity index (χ2v) is 9.64. The first-order valence-electron chi connectivity index (χ1n) is 11.5. The summed E-state index contributed by atoms with van der Waals surface area (Å²) in [6.45, 7) is 7.38. The fourth-order valence-electron chi connectivity index (χ4n) is 4.97. The average Bonchev–Trinajstić information content (AvgIpc) is 3.32. The van der Waals surface area contributed by atoms with E-state index >= 15 is 0 Å². The number of hydrogen-bond acceptors (Lipinski definition) is 3. The van der Waals surface area contributed by atoms with Crippen LogP contribution in [0.3, 0.4) is 0 Å². The van der Waals surface area contributed by atoms with Crippen molar-refractivity contribution in [1.82, 2.24) is 15.2 Å². The maximum absolute atomic E-state index is 13.5. The minimum Gasteiger partial charge on any atom is -0.358 e. The van der Waals surface area contributed by atoms with Crippen molar-refractivity contribution in [2.75, 3.05) is 18.4 Å². The Morgan fingerprint density at radius 3 is 2.50 bits per heavy atom. The molecular formula is C27H27ClN4O2. The van der Waals surface area contributed by atoms with Crippen molar-refractivity contribution in [2.45, 2.75) is 32.9 Å². The third-order valence-corrected chi connectivity index (χ3v) is 6.58. The maximum Gasteiger partial charge on any atom is 0.256 e. The molecule has 34 heavy (non-hydrogen) atoms. The molecule has 174 valence electrons. The maximum atomic E-state index is 13.5. The molecule has 2 amide bonds. The molecule has 1 saturated heterocycles. The Balaban J connectivity index is 1.57. The number of carbonyl (C=O) groups excluding carboxylic acids is 2. The zero-order valence-corrected chi connectivity index (χ0v) is 20.2. The van der Waals surface area contributed by atoms with Gasteiger partial charge in [0.2, 0.25) is 0 Å². The Hall–Kier alpha value is -3.35. The summed E-state index contributed by atoms with van der Waals surface area (Å²) < 4.78 is 0. The van der Waals surface area contributed by atoms with Crippen LogP contribution in [0.2, 0.25) is 5.02 Å². The smallest absolute Gasteiger partial charge is 0.256 e. The van der Waals surface area contributed by atoms with Crippen molar-refractivity contribution in [3.05, 3.63) is 76.1 Å². The first kappa shape index (κ1) is 22.4. The van der Waals surface area contributed by atoms with Gasteiger partial charge >= 0.3 is 0 Å². The van der Waals surface area contributed by atoms with Crippen LogP contribution in [0.15, 0.2) is 48.5 Å². The van der Waals surface area contributed by atoms with Crippen LogP contribution in [0, 0.1) is 6.92 Å². The van der Waals surface area contributed by atoms with Crippen LogP contribution in [0.1, 0.15) is 41.2 Å². The minimum atomic E-state index is -0.188. The number of aryl methyl sites for hydroxylation is 1. The van der Waals surface area contributed by atoms with Crippen LogP contribution in [0.25, 0.3) is 22.8 Å². The number of aromatic amines is 1. The normalized spacial score (nSPS) is 21.0. The summed E-state index contributed by atoms with van der Waals surface area (Å²) in [5.74, 6) is -0.215. The molecule has 0 aliphatic carbocycles. The van der Waals surface area contributed by atoms with Crippen LogP contribution in [0.4, 0.5) is 5.69 Å². The van der Waals surface area contributed by atoms with E-state index in [1.165, 1.54) is 0 Å². The fraction of sp³-hybridized carbons (Fsp3) is 0.259. The molecule has 1 aromatic heterocycles. The number of rotatable bonds is 3. The van der Waals surface area contributed by atoms with Gasteiger partial charge < -0.3 is 20.5 Å². The molecule has 0 radical (unpaired) electrons. The van der Waals surface area contributed by atoms with E-state index in [-0.39, 0.29) is 23.9 Å². The van der Waals surface area contributed by atoms with Gasteiger partial charge in [0.15, 0.2) is 0 Å². The van der Waals surface area contributed by atoms with E-state index in [9.17, 15) is 9.59 Å². The Kier molecular flexibility index (Phi) is 5.80. The number of amides is 2. The molecular weight excluding hydrogens is 448 g/mol. The van der Waals surface area contributed by atoms with Crippen LogP contribution in [0.5, 0.6) is 0 Å². The highest BCUT2D eigenvalue weighted by Gasteiger charge is 2.30. The lowest BCUT2D eigenvalue weighted by Crippen LogP contribution is -2.55. The number of halogens is 1. The van der Waals surface area contributed by atoms with E-state index in [0.29, 0.717) is 34.9 Å². The third kappa shape index (κ3) is 4.15. The number of hydrogen-bond donors (Lipinski definition) is 3. The highest BCUT2D eigenvalue weighted by Crippen LogP contribution is 2.40.